The fourth-order valence-electron chi connectivity index (χ4n) is 2.08. The SMILES string of the molecule is CCCCOCC(O)CN1CCOC(CC(=O)O)C1. The minimum atomic E-state index is -0.852. The van der Waals surface area contributed by atoms with Crippen LogP contribution in [0.3, 0.4) is 0 Å². The number of carboxylic acid groups (broad SMARTS) is 1. The zero-order valence-corrected chi connectivity index (χ0v) is 11.6. The standard InChI is InChI=1S/C13H25NO5/c1-2-3-5-18-10-11(15)8-14-4-6-19-12(9-14)7-13(16)17/h11-12,15H,2-10H2,1H3,(H,16,17). The van der Waals surface area contributed by atoms with Crippen molar-refractivity contribution in [2.75, 3.05) is 39.5 Å². The van der Waals surface area contributed by atoms with Crippen molar-refractivity contribution in [1.29, 1.82) is 0 Å². The van der Waals surface area contributed by atoms with Gasteiger partial charge in [-0.3, -0.25) is 9.69 Å². The highest BCUT2D eigenvalue weighted by Crippen LogP contribution is 2.09. The van der Waals surface area contributed by atoms with Crippen LogP contribution in [0.5, 0.6) is 0 Å². The molecule has 1 aliphatic heterocycles. The number of nitrogens with zero attached hydrogens (tertiary/aromatic N) is 1. The van der Waals surface area contributed by atoms with Crippen LogP contribution in [0.2, 0.25) is 0 Å². The van der Waals surface area contributed by atoms with E-state index in [1.54, 1.807) is 0 Å². The maximum atomic E-state index is 10.6. The number of hydrogen-bond acceptors (Lipinski definition) is 5. The van der Waals surface area contributed by atoms with E-state index in [0.29, 0.717) is 32.9 Å². The second-order valence-corrected chi connectivity index (χ2v) is 4.93. The largest absolute Gasteiger partial charge is 0.481 e. The summed E-state index contributed by atoms with van der Waals surface area (Å²) < 4.78 is 10.7. The number of aliphatic carboxylic acids is 1. The Balaban J connectivity index is 2.18. The molecule has 1 aliphatic rings. The quantitative estimate of drug-likeness (QED) is 0.591. The molecule has 1 saturated heterocycles. The summed E-state index contributed by atoms with van der Waals surface area (Å²) in [7, 11) is 0. The van der Waals surface area contributed by atoms with Crippen molar-refractivity contribution in [2.24, 2.45) is 0 Å². The molecule has 0 spiro atoms. The van der Waals surface area contributed by atoms with Crippen molar-refractivity contribution in [3.8, 4) is 0 Å². The summed E-state index contributed by atoms with van der Waals surface area (Å²) in [5, 5.41) is 18.6. The highest BCUT2D eigenvalue weighted by atomic mass is 16.5. The van der Waals surface area contributed by atoms with Crippen LogP contribution in [0.1, 0.15) is 26.2 Å². The highest BCUT2D eigenvalue weighted by Gasteiger charge is 2.24. The molecule has 1 fully saturated rings. The molecule has 1 rings (SSSR count). The number of aliphatic hydroxyl groups excluding tert-OH is 1. The lowest BCUT2D eigenvalue weighted by Crippen LogP contribution is -2.46. The molecule has 0 aromatic heterocycles. The molecule has 0 bridgehead atoms. The van der Waals surface area contributed by atoms with Crippen molar-refractivity contribution < 1.29 is 24.5 Å². The molecule has 0 amide bonds. The first kappa shape index (κ1) is 16.4. The van der Waals surface area contributed by atoms with Crippen molar-refractivity contribution in [1.82, 2.24) is 4.90 Å². The average molecular weight is 275 g/mol. The average Bonchev–Trinajstić information content (AvgIpc) is 2.34. The molecule has 2 unspecified atom stereocenters. The second kappa shape index (κ2) is 9.25. The minimum absolute atomic E-state index is 0.0135. The van der Waals surface area contributed by atoms with Crippen LogP contribution in [-0.4, -0.2) is 72.7 Å². The van der Waals surface area contributed by atoms with Gasteiger partial charge in [-0.05, 0) is 6.42 Å². The van der Waals surface area contributed by atoms with Crippen molar-refractivity contribution in [2.45, 2.75) is 38.4 Å². The highest BCUT2D eigenvalue weighted by molar-refractivity contribution is 5.67. The normalized spacial score (nSPS) is 22.3. The van der Waals surface area contributed by atoms with Gasteiger partial charge in [-0.25, -0.2) is 0 Å². The molecular weight excluding hydrogens is 250 g/mol. The van der Waals surface area contributed by atoms with E-state index in [1.807, 2.05) is 4.90 Å². The number of ether oxygens (including phenoxy) is 2. The van der Waals surface area contributed by atoms with Gasteiger partial charge < -0.3 is 19.7 Å². The number of morpholine rings is 1. The third kappa shape index (κ3) is 7.47. The minimum Gasteiger partial charge on any atom is -0.481 e. The van der Waals surface area contributed by atoms with Gasteiger partial charge in [0.2, 0.25) is 0 Å². The Kier molecular flexibility index (Phi) is 7.97. The molecule has 19 heavy (non-hydrogen) atoms. The van der Waals surface area contributed by atoms with Crippen LogP contribution in [0.25, 0.3) is 0 Å². The Hall–Kier alpha value is -0.690. The van der Waals surface area contributed by atoms with Crippen LogP contribution in [0.15, 0.2) is 0 Å². The molecule has 0 aliphatic carbocycles. The lowest BCUT2D eigenvalue weighted by molar-refractivity contribution is -0.142. The van der Waals surface area contributed by atoms with Crippen molar-refractivity contribution >= 4 is 5.97 Å². The molecule has 6 heteroatoms. The van der Waals surface area contributed by atoms with Gasteiger partial charge in [0.15, 0.2) is 0 Å². The molecule has 112 valence electrons. The first-order valence-corrected chi connectivity index (χ1v) is 6.93. The summed E-state index contributed by atoms with van der Waals surface area (Å²) in [4.78, 5) is 12.7. The number of carboxylic acids is 1. The first-order valence-electron chi connectivity index (χ1n) is 6.93. The van der Waals surface area contributed by atoms with Gasteiger partial charge in [0, 0.05) is 26.2 Å². The van der Waals surface area contributed by atoms with Gasteiger partial charge in [-0.1, -0.05) is 13.3 Å². The fourth-order valence-corrected chi connectivity index (χ4v) is 2.08. The van der Waals surface area contributed by atoms with Crippen LogP contribution >= 0.6 is 0 Å². The van der Waals surface area contributed by atoms with Crippen LogP contribution in [0, 0.1) is 0 Å². The molecule has 0 aromatic rings. The van der Waals surface area contributed by atoms with E-state index < -0.39 is 12.1 Å². The molecule has 2 atom stereocenters. The van der Waals surface area contributed by atoms with E-state index in [9.17, 15) is 9.90 Å². The maximum Gasteiger partial charge on any atom is 0.306 e. The monoisotopic (exact) mass is 275 g/mol. The predicted molar refractivity (Wildman–Crippen MR) is 70.2 cm³/mol. The summed E-state index contributed by atoms with van der Waals surface area (Å²) in [6, 6.07) is 0. The van der Waals surface area contributed by atoms with E-state index in [1.165, 1.54) is 0 Å². The Morgan fingerprint density at radius 1 is 1.58 bits per heavy atom. The van der Waals surface area contributed by atoms with Crippen LogP contribution in [0.4, 0.5) is 0 Å². The number of hydrogen-bond donors (Lipinski definition) is 2. The van der Waals surface area contributed by atoms with E-state index in [4.69, 9.17) is 14.6 Å². The Morgan fingerprint density at radius 3 is 3.05 bits per heavy atom. The van der Waals surface area contributed by atoms with Crippen molar-refractivity contribution in [3.05, 3.63) is 0 Å². The topological polar surface area (TPSA) is 79.2 Å². The number of aliphatic hydroxyl groups is 1. The van der Waals surface area contributed by atoms with E-state index in [2.05, 4.69) is 6.92 Å². The van der Waals surface area contributed by atoms with Gasteiger partial charge in [-0.15, -0.1) is 0 Å². The first-order chi connectivity index (χ1) is 9.11. The zero-order valence-electron chi connectivity index (χ0n) is 11.6. The maximum absolute atomic E-state index is 10.6. The third-order valence-electron chi connectivity index (χ3n) is 3.05. The Bertz CT molecular complexity index is 261. The molecule has 0 saturated carbocycles. The molecular formula is C13H25NO5. The fraction of sp³-hybridized carbons (Fsp3) is 0.923. The van der Waals surface area contributed by atoms with Gasteiger partial charge in [0.25, 0.3) is 0 Å². The lowest BCUT2D eigenvalue weighted by Gasteiger charge is -2.33. The summed E-state index contributed by atoms with van der Waals surface area (Å²) in [6.07, 6.45) is 1.29. The second-order valence-electron chi connectivity index (χ2n) is 4.93. The van der Waals surface area contributed by atoms with Gasteiger partial charge in [-0.2, -0.15) is 0 Å². The Labute approximate surface area is 114 Å². The van der Waals surface area contributed by atoms with Crippen molar-refractivity contribution in [3.63, 3.8) is 0 Å². The predicted octanol–water partition coefficient (Wildman–Crippen LogP) is 0.340. The zero-order chi connectivity index (χ0) is 14.1. The smallest absolute Gasteiger partial charge is 0.306 e. The number of rotatable bonds is 9. The van der Waals surface area contributed by atoms with E-state index in [-0.39, 0.29) is 12.5 Å². The lowest BCUT2D eigenvalue weighted by atomic mass is 10.2. The molecule has 6 nitrogen and oxygen atoms in total. The molecule has 1 heterocycles. The molecule has 0 radical (unpaired) electrons. The summed E-state index contributed by atoms with van der Waals surface area (Å²) in [6.45, 7) is 5.41. The van der Waals surface area contributed by atoms with Crippen LogP contribution in [-0.2, 0) is 14.3 Å². The van der Waals surface area contributed by atoms with Gasteiger partial charge in [0.05, 0.1) is 31.8 Å². The van der Waals surface area contributed by atoms with E-state index >= 15 is 0 Å². The molecule has 2 N–H and O–H groups in total. The van der Waals surface area contributed by atoms with Gasteiger partial charge in [0.1, 0.15) is 0 Å². The van der Waals surface area contributed by atoms with E-state index in [0.717, 1.165) is 19.4 Å². The number of unbranched alkanes of at least 4 members (excludes halogenated alkanes) is 1. The third-order valence-corrected chi connectivity index (χ3v) is 3.05. The Morgan fingerprint density at radius 2 is 2.37 bits per heavy atom. The summed E-state index contributed by atoms with van der Waals surface area (Å²) in [5.74, 6) is -0.852. The van der Waals surface area contributed by atoms with Gasteiger partial charge >= 0.3 is 5.97 Å². The summed E-state index contributed by atoms with van der Waals surface area (Å²) >= 11 is 0. The van der Waals surface area contributed by atoms with Crippen LogP contribution < -0.4 is 0 Å². The number of β-amino-alcohol motifs (C(OH)–C–C–N with tert-alkyl or cyclic N) is 1. The molecule has 0 aromatic carbocycles. The number of carbonyl (C=O) groups is 1. The summed E-state index contributed by atoms with van der Waals surface area (Å²) in [5.41, 5.74) is 0.